The van der Waals surface area contributed by atoms with Crippen molar-refractivity contribution in [3.8, 4) is 11.5 Å². The summed E-state index contributed by atoms with van der Waals surface area (Å²) in [6.07, 6.45) is 1.86. The minimum Gasteiger partial charge on any atom is -0.457 e. The minimum atomic E-state index is -3.52. The van der Waals surface area contributed by atoms with Crippen LogP contribution in [0.4, 0.5) is 0 Å². The normalized spacial score (nSPS) is 18.0. The lowest BCUT2D eigenvalue weighted by molar-refractivity contribution is 0.114. The average molecular weight is 333 g/mol. The first-order valence-corrected chi connectivity index (χ1v) is 9.06. The number of para-hydroxylation sites is 1. The van der Waals surface area contributed by atoms with E-state index < -0.39 is 10.0 Å². The standard InChI is InChI=1S/C17H19NO4S/c19-23(20,18-13-16-7-4-12-21-16)17-10-8-15(9-11-17)22-14-5-2-1-3-6-14/h1-3,5-6,8-11,16,18H,4,7,12-13H2/t16-/m0/s1. The Labute approximate surface area is 136 Å². The lowest BCUT2D eigenvalue weighted by atomic mass is 10.2. The Balaban J connectivity index is 1.63. The maximum Gasteiger partial charge on any atom is 0.240 e. The Kier molecular flexibility index (Phi) is 4.95. The number of nitrogens with one attached hydrogen (secondary N) is 1. The molecule has 1 heterocycles. The second kappa shape index (κ2) is 7.12. The molecule has 0 radical (unpaired) electrons. The first-order chi connectivity index (χ1) is 11.1. The van der Waals surface area contributed by atoms with Gasteiger partial charge < -0.3 is 9.47 Å². The Bertz CT molecular complexity index is 723. The van der Waals surface area contributed by atoms with Gasteiger partial charge in [-0.1, -0.05) is 18.2 Å². The zero-order valence-electron chi connectivity index (χ0n) is 12.6. The molecule has 1 fully saturated rings. The highest BCUT2D eigenvalue weighted by Gasteiger charge is 2.20. The molecule has 2 aromatic rings. The zero-order valence-corrected chi connectivity index (χ0v) is 13.5. The fourth-order valence-electron chi connectivity index (χ4n) is 2.40. The average Bonchev–Trinajstić information content (AvgIpc) is 3.08. The number of ether oxygens (including phenoxy) is 2. The smallest absolute Gasteiger partial charge is 0.240 e. The molecule has 0 unspecified atom stereocenters. The van der Waals surface area contributed by atoms with E-state index in [2.05, 4.69) is 4.72 Å². The summed E-state index contributed by atoms with van der Waals surface area (Å²) in [4.78, 5) is 0.218. The summed E-state index contributed by atoms with van der Waals surface area (Å²) in [5, 5.41) is 0. The van der Waals surface area contributed by atoms with Crippen molar-refractivity contribution in [2.24, 2.45) is 0 Å². The van der Waals surface area contributed by atoms with E-state index in [1.807, 2.05) is 30.3 Å². The van der Waals surface area contributed by atoms with Crippen molar-refractivity contribution in [3.63, 3.8) is 0 Å². The number of hydrogen-bond acceptors (Lipinski definition) is 4. The molecule has 1 atom stereocenters. The molecule has 0 amide bonds. The monoisotopic (exact) mass is 333 g/mol. The van der Waals surface area contributed by atoms with Crippen LogP contribution in [0.15, 0.2) is 59.5 Å². The van der Waals surface area contributed by atoms with Crippen LogP contribution in [0, 0.1) is 0 Å². The van der Waals surface area contributed by atoms with Gasteiger partial charge in [-0.2, -0.15) is 0 Å². The third-order valence-electron chi connectivity index (χ3n) is 3.64. The highest BCUT2D eigenvalue weighted by Crippen LogP contribution is 2.22. The molecule has 23 heavy (non-hydrogen) atoms. The van der Waals surface area contributed by atoms with E-state index in [-0.39, 0.29) is 11.0 Å². The highest BCUT2D eigenvalue weighted by molar-refractivity contribution is 7.89. The SMILES string of the molecule is O=S(=O)(NC[C@@H]1CCCO1)c1ccc(Oc2ccccc2)cc1. The molecular weight excluding hydrogens is 314 g/mol. The summed E-state index contributed by atoms with van der Waals surface area (Å²) in [6, 6.07) is 15.7. The van der Waals surface area contributed by atoms with E-state index in [9.17, 15) is 8.42 Å². The van der Waals surface area contributed by atoms with Crippen LogP contribution in [0.5, 0.6) is 11.5 Å². The number of benzene rings is 2. The fraction of sp³-hybridized carbons (Fsp3) is 0.294. The second-order valence-corrected chi connectivity index (χ2v) is 7.14. The molecule has 1 aliphatic heterocycles. The van der Waals surface area contributed by atoms with Gasteiger partial charge in [0.1, 0.15) is 11.5 Å². The molecule has 3 rings (SSSR count). The second-order valence-electron chi connectivity index (χ2n) is 5.37. The summed E-state index contributed by atoms with van der Waals surface area (Å²) in [5.74, 6) is 1.30. The van der Waals surface area contributed by atoms with Crippen molar-refractivity contribution in [1.82, 2.24) is 4.72 Å². The lowest BCUT2D eigenvalue weighted by Gasteiger charge is -2.12. The Hall–Kier alpha value is -1.89. The third-order valence-corrected chi connectivity index (χ3v) is 5.08. The molecule has 1 N–H and O–H groups in total. The third kappa shape index (κ3) is 4.31. The minimum absolute atomic E-state index is 0.0227. The summed E-state index contributed by atoms with van der Waals surface area (Å²) in [7, 11) is -3.52. The summed E-state index contributed by atoms with van der Waals surface area (Å²) in [6.45, 7) is 1.02. The topological polar surface area (TPSA) is 64.6 Å². The number of hydrogen-bond donors (Lipinski definition) is 1. The quantitative estimate of drug-likeness (QED) is 0.883. The van der Waals surface area contributed by atoms with Crippen LogP contribution in [0.2, 0.25) is 0 Å². The van der Waals surface area contributed by atoms with Gasteiger partial charge in [0.15, 0.2) is 0 Å². The molecule has 0 spiro atoms. The molecule has 6 heteroatoms. The first-order valence-electron chi connectivity index (χ1n) is 7.58. The van der Waals surface area contributed by atoms with Gasteiger partial charge in [0, 0.05) is 13.2 Å². The molecule has 0 bridgehead atoms. The van der Waals surface area contributed by atoms with Crippen molar-refractivity contribution in [1.29, 1.82) is 0 Å². The van der Waals surface area contributed by atoms with Crippen LogP contribution >= 0.6 is 0 Å². The first kappa shape index (κ1) is 16.0. The molecule has 0 saturated carbocycles. The molecule has 2 aromatic carbocycles. The van der Waals surface area contributed by atoms with Gasteiger partial charge in [0.05, 0.1) is 11.0 Å². The van der Waals surface area contributed by atoms with Crippen LogP contribution in [0.3, 0.4) is 0 Å². The van der Waals surface area contributed by atoms with E-state index in [0.717, 1.165) is 12.8 Å². The lowest BCUT2D eigenvalue weighted by Crippen LogP contribution is -2.31. The van der Waals surface area contributed by atoms with Crippen LogP contribution in [0.1, 0.15) is 12.8 Å². The molecule has 0 aromatic heterocycles. The van der Waals surface area contributed by atoms with Crippen molar-refractivity contribution >= 4 is 10.0 Å². The van der Waals surface area contributed by atoms with E-state index >= 15 is 0 Å². The van der Waals surface area contributed by atoms with Crippen molar-refractivity contribution < 1.29 is 17.9 Å². The van der Waals surface area contributed by atoms with E-state index in [4.69, 9.17) is 9.47 Å². The van der Waals surface area contributed by atoms with Gasteiger partial charge in [0.2, 0.25) is 10.0 Å². The van der Waals surface area contributed by atoms with E-state index in [1.165, 1.54) is 12.1 Å². The highest BCUT2D eigenvalue weighted by atomic mass is 32.2. The summed E-state index contributed by atoms with van der Waals surface area (Å²) >= 11 is 0. The van der Waals surface area contributed by atoms with Gasteiger partial charge in [-0.05, 0) is 49.2 Å². The largest absolute Gasteiger partial charge is 0.457 e. The van der Waals surface area contributed by atoms with Crippen LogP contribution in [-0.2, 0) is 14.8 Å². The van der Waals surface area contributed by atoms with E-state index in [1.54, 1.807) is 12.1 Å². The molecule has 1 saturated heterocycles. The molecule has 5 nitrogen and oxygen atoms in total. The Morgan fingerprint density at radius 1 is 1.04 bits per heavy atom. The van der Waals surface area contributed by atoms with Crippen LogP contribution in [0.25, 0.3) is 0 Å². The maximum atomic E-state index is 12.3. The fourth-order valence-corrected chi connectivity index (χ4v) is 3.47. The van der Waals surface area contributed by atoms with E-state index in [0.29, 0.717) is 24.7 Å². The Morgan fingerprint density at radius 3 is 2.39 bits per heavy atom. The predicted molar refractivity (Wildman–Crippen MR) is 87.1 cm³/mol. The maximum absolute atomic E-state index is 12.3. The molecule has 122 valence electrons. The Morgan fingerprint density at radius 2 is 1.74 bits per heavy atom. The number of rotatable bonds is 6. The molecular formula is C17H19NO4S. The van der Waals surface area contributed by atoms with Crippen LogP contribution in [-0.4, -0.2) is 27.7 Å². The van der Waals surface area contributed by atoms with Crippen molar-refractivity contribution in [2.45, 2.75) is 23.8 Å². The molecule has 1 aliphatic rings. The van der Waals surface area contributed by atoms with Gasteiger partial charge in [0.25, 0.3) is 0 Å². The van der Waals surface area contributed by atoms with Crippen molar-refractivity contribution in [2.75, 3.05) is 13.2 Å². The predicted octanol–water partition coefficient (Wildman–Crippen LogP) is 2.94. The summed E-state index contributed by atoms with van der Waals surface area (Å²) in [5.41, 5.74) is 0. The van der Waals surface area contributed by atoms with Gasteiger partial charge in [-0.3, -0.25) is 0 Å². The van der Waals surface area contributed by atoms with Gasteiger partial charge >= 0.3 is 0 Å². The number of sulfonamides is 1. The molecule has 0 aliphatic carbocycles. The van der Waals surface area contributed by atoms with Crippen molar-refractivity contribution in [3.05, 3.63) is 54.6 Å². The van der Waals surface area contributed by atoms with Crippen LogP contribution < -0.4 is 9.46 Å². The van der Waals surface area contributed by atoms with Gasteiger partial charge in [-0.15, -0.1) is 0 Å². The zero-order chi connectivity index (χ0) is 16.1. The summed E-state index contributed by atoms with van der Waals surface area (Å²) < 4.78 is 38.2. The van der Waals surface area contributed by atoms with Gasteiger partial charge in [-0.25, -0.2) is 13.1 Å².